The zero-order valence-corrected chi connectivity index (χ0v) is 10.8. The third kappa shape index (κ3) is 2.74. The van der Waals surface area contributed by atoms with Crippen molar-refractivity contribution in [3.63, 3.8) is 0 Å². The van der Waals surface area contributed by atoms with Crippen molar-refractivity contribution in [3.8, 4) is 0 Å². The number of carbonyl (C=O) groups is 1. The highest BCUT2D eigenvalue weighted by Crippen LogP contribution is 2.43. The molecule has 4 heteroatoms. The van der Waals surface area contributed by atoms with E-state index in [9.17, 15) is 4.79 Å². The summed E-state index contributed by atoms with van der Waals surface area (Å²) in [5.74, 6) is 2.16. The molecule has 0 radical (unpaired) electrons. The van der Waals surface area contributed by atoms with E-state index in [-0.39, 0.29) is 5.97 Å². The number of carbonyl (C=O) groups excluding carboxylic acids is 1. The van der Waals surface area contributed by atoms with Crippen LogP contribution in [-0.4, -0.2) is 24.6 Å². The summed E-state index contributed by atoms with van der Waals surface area (Å²) in [6, 6.07) is 7.76. The maximum absolute atomic E-state index is 11.4. The summed E-state index contributed by atoms with van der Waals surface area (Å²) in [6.45, 7) is 0. The van der Waals surface area contributed by atoms with Crippen molar-refractivity contribution < 1.29 is 9.53 Å². The van der Waals surface area contributed by atoms with Gasteiger partial charge in [-0.2, -0.15) is 0 Å². The zero-order valence-electron chi connectivity index (χ0n) is 9.14. The highest BCUT2D eigenvalue weighted by molar-refractivity contribution is 8.16. The molecule has 1 aliphatic rings. The van der Waals surface area contributed by atoms with Gasteiger partial charge in [0.2, 0.25) is 0 Å². The van der Waals surface area contributed by atoms with Crippen LogP contribution < -0.4 is 0 Å². The van der Waals surface area contributed by atoms with Crippen molar-refractivity contribution in [1.29, 1.82) is 0 Å². The first kappa shape index (κ1) is 11.9. The summed E-state index contributed by atoms with van der Waals surface area (Å²) in [5.41, 5.74) is 1.87. The van der Waals surface area contributed by atoms with Gasteiger partial charge in [0.1, 0.15) is 0 Å². The highest BCUT2D eigenvalue weighted by Gasteiger charge is 2.17. The molecule has 0 unspecified atom stereocenters. The van der Waals surface area contributed by atoms with Gasteiger partial charge in [0.15, 0.2) is 0 Å². The van der Waals surface area contributed by atoms with Gasteiger partial charge in [-0.25, -0.2) is 4.79 Å². The number of esters is 1. The van der Waals surface area contributed by atoms with Crippen LogP contribution in [0.4, 0.5) is 0 Å². The molecular weight excluding hydrogens is 240 g/mol. The van der Waals surface area contributed by atoms with E-state index < -0.39 is 0 Å². The number of ether oxygens (including phenoxy) is 1. The van der Waals surface area contributed by atoms with Gasteiger partial charge < -0.3 is 4.74 Å². The average Bonchev–Trinajstić information content (AvgIpc) is 2.39. The van der Waals surface area contributed by atoms with Gasteiger partial charge in [-0.3, -0.25) is 0 Å². The predicted octanol–water partition coefficient (Wildman–Crippen LogP) is 3.34. The maximum atomic E-state index is 11.4. The molecule has 1 aliphatic heterocycles. The van der Waals surface area contributed by atoms with Crippen molar-refractivity contribution in [2.24, 2.45) is 0 Å². The topological polar surface area (TPSA) is 26.3 Å². The minimum atomic E-state index is -0.257. The molecule has 0 N–H and O–H groups in total. The van der Waals surface area contributed by atoms with Gasteiger partial charge in [-0.1, -0.05) is 12.1 Å². The Bertz CT molecular complexity index is 373. The largest absolute Gasteiger partial charge is 0.465 e. The first-order valence-electron chi connectivity index (χ1n) is 5.23. The molecule has 0 amide bonds. The molecule has 0 aliphatic carbocycles. The summed E-state index contributed by atoms with van der Waals surface area (Å²) >= 11 is 3.91. The molecule has 1 aromatic rings. The Balaban J connectivity index is 2.17. The van der Waals surface area contributed by atoms with E-state index in [1.807, 2.05) is 35.7 Å². The van der Waals surface area contributed by atoms with E-state index in [1.54, 1.807) is 6.07 Å². The second kappa shape index (κ2) is 5.64. The lowest BCUT2D eigenvalue weighted by Crippen LogP contribution is -2.04. The van der Waals surface area contributed by atoms with E-state index in [4.69, 9.17) is 4.74 Å². The maximum Gasteiger partial charge on any atom is 0.337 e. The Morgan fingerprint density at radius 1 is 1.38 bits per heavy atom. The van der Waals surface area contributed by atoms with Crippen LogP contribution in [0.1, 0.15) is 26.9 Å². The molecule has 2 nitrogen and oxygen atoms in total. The first-order chi connectivity index (χ1) is 7.81. The lowest BCUT2D eigenvalue weighted by Gasteiger charge is -2.21. The van der Waals surface area contributed by atoms with E-state index >= 15 is 0 Å². The summed E-state index contributed by atoms with van der Waals surface area (Å²) in [5, 5.41) is 0. The molecule has 16 heavy (non-hydrogen) atoms. The summed E-state index contributed by atoms with van der Waals surface area (Å²) in [7, 11) is 1.42. The Labute approximate surface area is 104 Å². The summed E-state index contributed by atoms with van der Waals surface area (Å²) < 4.78 is 5.20. The SMILES string of the molecule is COC(=O)c1cccc(C2SCCCS2)c1. The number of hydrogen-bond donors (Lipinski definition) is 0. The lowest BCUT2D eigenvalue weighted by atomic mass is 10.1. The number of methoxy groups -OCH3 is 1. The van der Waals surface area contributed by atoms with Crippen LogP contribution in [0.5, 0.6) is 0 Å². The average molecular weight is 254 g/mol. The third-order valence-corrected chi connectivity index (χ3v) is 5.42. The molecule has 0 bridgehead atoms. The van der Waals surface area contributed by atoms with Crippen LogP contribution in [-0.2, 0) is 4.74 Å². The smallest absolute Gasteiger partial charge is 0.337 e. The Hall–Kier alpha value is -0.610. The monoisotopic (exact) mass is 254 g/mol. The zero-order chi connectivity index (χ0) is 11.4. The second-order valence-corrected chi connectivity index (χ2v) is 6.27. The summed E-state index contributed by atoms with van der Waals surface area (Å²) in [4.78, 5) is 11.4. The Morgan fingerprint density at radius 2 is 2.12 bits per heavy atom. The molecule has 0 saturated carbocycles. The number of hydrogen-bond acceptors (Lipinski definition) is 4. The minimum Gasteiger partial charge on any atom is -0.465 e. The van der Waals surface area contributed by atoms with Crippen molar-refractivity contribution >= 4 is 29.5 Å². The highest BCUT2D eigenvalue weighted by atomic mass is 32.2. The molecule has 1 fully saturated rings. The number of benzene rings is 1. The van der Waals surface area contributed by atoms with Gasteiger partial charge in [-0.05, 0) is 35.6 Å². The molecule has 2 rings (SSSR count). The predicted molar refractivity (Wildman–Crippen MR) is 70.1 cm³/mol. The van der Waals surface area contributed by atoms with Crippen molar-refractivity contribution in [1.82, 2.24) is 0 Å². The Kier molecular flexibility index (Phi) is 4.18. The summed E-state index contributed by atoms with van der Waals surface area (Å²) in [6.07, 6.45) is 1.28. The van der Waals surface area contributed by atoms with Crippen molar-refractivity contribution in [3.05, 3.63) is 35.4 Å². The van der Waals surface area contributed by atoms with Crippen LogP contribution in [0.2, 0.25) is 0 Å². The van der Waals surface area contributed by atoms with Crippen LogP contribution in [0.25, 0.3) is 0 Å². The van der Waals surface area contributed by atoms with Crippen LogP contribution in [0, 0.1) is 0 Å². The van der Waals surface area contributed by atoms with Gasteiger partial charge in [-0.15, -0.1) is 23.5 Å². The fraction of sp³-hybridized carbons (Fsp3) is 0.417. The fourth-order valence-corrected chi connectivity index (χ4v) is 4.48. The van der Waals surface area contributed by atoms with E-state index in [2.05, 4.69) is 6.07 Å². The van der Waals surface area contributed by atoms with Gasteiger partial charge in [0, 0.05) is 0 Å². The van der Waals surface area contributed by atoms with Gasteiger partial charge >= 0.3 is 5.97 Å². The fourth-order valence-electron chi connectivity index (χ4n) is 1.61. The lowest BCUT2D eigenvalue weighted by molar-refractivity contribution is 0.0600. The van der Waals surface area contributed by atoms with Crippen LogP contribution in [0.15, 0.2) is 24.3 Å². The molecular formula is C12H14O2S2. The molecule has 86 valence electrons. The van der Waals surface area contributed by atoms with Crippen LogP contribution >= 0.6 is 23.5 Å². The van der Waals surface area contributed by atoms with E-state index in [0.29, 0.717) is 10.1 Å². The van der Waals surface area contributed by atoms with E-state index in [1.165, 1.54) is 30.6 Å². The van der Waals surface area contributed by atoms with Gasteiger partial charge in [0.25, 0.3) is 0 Å². The molecule has 0 spiro atoms. The minimum absolute atomic E-state index is 0.257. The molecule has 1 saturated heterocycles. The molecule has 1 heterocycles. The van der Waals surface area contributed by atoms with Crippen molar-refractivity contribution in [2.75, 3.05) is 18.6 Å². The number of rotatable bonds is 2. The standard InChI is InChI=1S/C12H14O2S2/c1-14-11(13)9-4-2-5-10(8-9)12-15-6-3-7-16-12/h2,4-5,8,12H,3,6-7H2,1H3. The van der Waals surface area contributed by atoms with E-state index in [0.717, 1.165) is 0 Å². The normalized spacial score (nSPS) is 17.1. The number of thioether (sulfide) groups is 2. The first-order valence-corrected chi connectivity index (χ1v) is 7.32. The Morgan fingerprint density at radius 3 is 2.81 bits per heavy atom. The second-order valence-electron chi connectivity index (χ2n) is 3.54. The van der Waals surface area contributed by atoms with Crippen LogP contribution in [0.3, 0.4) is 0 Å². The quantitative estimate of drug-likeness (QED) is 0.756. The molecule has 0 aromatic heterocycles. The van der Waals surface area contributed by atoms with Crippen molar-refractivity contribution in [2.45, 2.75) is 11.0 Å². The van der Waals surface area contributed by atoms with Gasteiger partial charge in [0.05, 0.1) is 17.3 Å². The third-order valence-electron chi connectivity index (χ3n) is 2.41. The molecule has 0 atom stereocenters. The molecule has 1 aromatic carbocycles.